The van der Waals surface area contributed by atoms with Gasteiger partial charge in [-0.1, -0.05) is 11.3 Å². The molecule has 2 heterocycles. The maximum Gasteiger partial charge on any atom is 0.273 e. The molecule has 12 heavy (non-hydrogen) atoms. The molecule has 1 aliphatic rings. The fourth-order valence-corrected chi connectivity index (χ4v) is 1.85. The molecule has 4 heteroatoms. The second-order valence-corrected chi connectivity index (χ2v) is 3.76. The van der Waals surface area contributed by atoms with Gasteiger partial charge in [-0.2, -0.15) is 0 Å². The van der Waals surface area contributed by atoms with Gasteiger partial charge in [-0.05, 0) is 19.4 Å². The lowest BCUT2D eigenvalue weighted by Crippen LogP contribution is -2.28. The third-order valence-corrected chi connectivity index (χ3v) is 2.66. The zero-order valence-corrected chi connectivity index (χ0v) is 7.64. The first-order chi connectivity index (χ1) is 5.95. The maximum atomic E-state index is 5.47. The first-order valence-corrected chi connectivity index (χ1v) is 5.09. The van der Waals surface area contributed by atoms with E-state index in [2.05, 4.69) is 10.3 Å². The maximum absolute atomic E-state index is 5.47. The lowest BCUT2D eigenvalue weighted by Gasteiger charge is -2.08. The Hall–Kier alpha value is -0.610. The largest absolute Gasteiger partial charge is 0.468 e. The Morgan fingerprint density at radius 2 is 2.75 bits per heavy atom. The van der Waals surface area contributed by atoms with Gasteiger partial charge in [0, 0.05) is 17.6 Å². The van der Waals surface area contributed by atoms with E-state index in [1.807, 2.05) is 5.38 Å². The zero-order valence-electron chi connectivity index (χ0n) is 6.82. The van der Waals surface area contributed by atoms with E-state index in [0.717, 1.165) is 18.3 Å². The van der Waals surface area contributed by atoms with Gasteiger partial charge >= 0.3 is 0 Å². The van der Waals surface area contributed by atoms with Crippen LogP contribution in [0.15, 0.2) is 11.6 Å². The predicted molar refractivity (Wildman–Crippen MR) is 48.6 cm³/mol. The predicted octanol–water partition coefficient (Wildman–Crippen LogP) is 1.27. The molecule has 1 aromatic rings. The van der Waals surface area contributed by atoms with Crippen molar-refractivity contribution in [1.29, 1.82) is 0 Å². The minimum atomic E-state index is 0.536. The fraction of sp³-hybridized carbons (Fsp3) is 0.625. The highest BCUT2D eigenvalue weighted by molar-refractivity contribution is 7.11. The van der Waals surface area contributed by atoms with Crippen molar-refractivity contribution in [3.8, 4) is 5.19 Å². The van der Waals surface area contributed by atoms with Crippen LogP contribution in [0, 0.1) is 0 Å². The van der Waals surface area contributed by atoms with Crippen LogP contribution in [0.25, 0.3) is 0 Å². The molecule has 1 N–H and O–H groups in total. The van der Waals surface area contributed by atoms with E-state index in [-0.39, 0.29) is 0 Å². The smallest absolute Gasteiger partial charge is 0.273 e. The Morgan fingerprint density at radius 3 is 3.42 bits per heavy atom. The molecule has 0 unspecified atom stereocenters. The van der Waals surface area contributed by atoms with Gasteiger partial charge in [0.1, 0.15) is 6.61 Å². The minimum absolute atomic E-state index is 0.536. The monoisotopic (exact) mass is 184 g/mol. The van der Waals surface area contributed by atoms with Crippen molar-refractivity contribution in [3.05, 3.63) is 11.6 Å². The Balaban J connectivity index is 1.74. The van der Waals surface area contributed by atoms with Crippen LogP contribution in [0.2, 0.25) is 0 Å². The highest BCUT2D eigenvalue weighted by Gasteiger charge is 2.14. The number of thiazole rings is 1. The molecule has 1 aliphatic heterocycles. The molecule has 66 valence electrons. The summed E-state index contributed by atoms with van der Waals surface area (Å²) >= 11 is 1.55. The van der Waals surface area contributed by atoms with E-state index in [4.69, 9.17) is 4.74 Å². The van der Waals surface area contributed by atoms with E-state index in [1.54, 1.807) is 17.5 Å². The van der Waals surface area contributed by atoms with Crippen molar-refractivity contribution in [2.45, 2.75) is 18.9 Å². The van der Waals surface area contributed by atoms with E-state index in [1.165, 1.54) is 12.8 Å². The molecule has 0 spiro atoms. The quantitative estimate of drug-likeness (QED) is 0.768. The molecule has 0 saturated carbocycles. The third kappa shape index (κ3) is 1.95. The molecule has 0 bridgehead atoms. The SMILES string of the molecule is c1csc(OC[C@H]2CCCN2)n1. The highest BCUT2D eigenvalue weighted by atomic mass is 32.1. The van der Waals surface area contributed by atoms with Gasteiger partial charge < -0.3 is 10.1 Å². The van der Waals surface area contributed by atoms with Gasteiger partial charge in [0.05, 0.1) is 0 Å². The van der Waals surface area contributed by atoms with Crippen molar-refractivity contribution >= 4 is 11.3 Å². The van der Waals surface area contributed by atoms with Crippen molar-refractivity contribution in [1.82, 2.24) is 10.3 Å². The van der Waals surface area contributed by atoms with Gasteiger partial charge in [-0.3, -0.25) is 0 Å². The van der Waals surface area contributed by atoms with Crippen LogP contribution >= 0.6 is 11.3 Å². The Morgan fingerprint density at radius 1 is 1.75 bits per heavy atom. The molecule has 0 radical (unpaired) electrons. The molecule has 2 rings (SSSR count). The molecule has 1 atom stereocenters. The summed E-state index contributed by atoms with van der Waals surface area (Å²) in [6.45, 7) is 1.89. The van der Waals surface area contributed by atoms with E-state index < -0.39 is 0 Å². The number of aromatic nitrogens is 1. The average molecular weight is 184 g/mol. The summed E-state index contributed by atoms with van der Waals surface area (Å²) in [6, 6.07) is 0.536. The number of rotatable bonds is 3. The number of nitrogens with one attached hydrogen (secondary N) is 1. The lowest BCUT2D eigenvalue weighted by molar-refractivity contribution is 0.276. The summed E-state index contributed by atoms with van der Waals surface area (Å²) in [5, 5.41) is 6.08. The van der Waals surface area contributed by atoms with Crippen LogP contribution < -0.4 is 10.1 Å². The van der Waals surface area contributed by atoms with Gasteiger partial charge in [0.2, 0.25) is 0 Å². The standard InChI is InChI=1S/C8H12N2OS/c1-2-7(9-3-1)6-11-8-10-4-5-12-8/h4-5,7,9H,1-3,6H2/t7-/m1/s1. The van der Waals surface area contributed by atoms with Gasteiger partial charge in [0.25, 0.3) is 5.19 Å². The van der Waals surface area contributed by atoms with Crippen LogP contribution in [-0.4, -0.2) is 24.2 Å². The van der Waals surface area contributed by atoms with E-state index >= 15 is 0 Å². The number of ether oxygens (including phenoxy) is 1. The number of hydrogen-bond donors (Lipinski definition) is 1. The summed E-state index contributed by atoms with van der Waals surface area (Å²) in [4.78, 5) is 4.05. The zero-order chi connectivity index (χ0) is 8.23. The fourth-order valence-electron chi connectivity index (χ4n) is 1.35. The van der Waals surface area contributed by atoms with E-state index in [0.29, 0.717) is 6.04 Å². The summed E-state index contributed by atoms with van der Waals surface area (Å²) in [5.74, 6) is 0. The second-order valence-electron chi connectivity index (χ2n) is 2.90. The van der Waals surface area contributed by atoms with Crippen molar-refractivity contribution in [3.63, 3.8) is 0 Å². The van der Waals surface area contributed by atoms with Crippen LogP contribution in [0.5, 0.6) is 5.19 Å². The van der Waals surface area contributed by atoms with Gasteiger partial charge in [-0.25, -0.2) is 4.98 Å². The molecule has 1 aromatic heterocycles. The van der Waals surface area contributed by atoms with Crippen molar-refractivity contribution < 1.29 is 4.74 Å². The number of nitrogens with zero attached hydrogens (tertiary/aromatic N) is 1. The molecule has 1 saturated heterocycles. The Bertz CT molecular complexity index is 219. The molecule has 0 aliphatic carbocycles. The number of hydrogen-bond acceptors (Lipinski definition) is 4. The Kier molecular flexibility index (Phi) is 2.58. The van der Waals surface area contributed by atoms with Crippen LogP contribution in [0.1, 0.15) is 12.8 Å². The topological polar surface area (TPSA) is 34.1 Å². The van der Waals surface area contributed by atoms with Crippen molar-refractivity contribution in [2.24, 2.45) is 0 Å². The normalized spacial score (nSPS) is 22.8. The summed E-state index contributed by atoms with van der Waals surface area (Å²) < 4.78 is 5.47. The molecular formula is C8H12N2OS. The van der Waals surface area contributed by atoms with Gasteiger partial charge in [0.15, 0.2) is 0 Å². The molecule has 1 fully saturated rings. The van der Waals surface area contributed by atoms with Crippen LogP contribution in [0.3, 0.4) is 0 Å². The Labute approximate surface area is 75.8 Å². The summed E-state index contributed by atoms with van der Waals surface area (Å²) in [5.41, 5.74) is 0. The van der Waals surface area contributed by atoms with E-state index in [9.17, 15) is 0 Å². The minimum Gasteiger partial charge on any atom is -0.468 e. The van der Waals surface area contributed by atoms with Gasteiger partial charge in [-0.15, -0.1) is 0 Å². The summed E-state index contributed by atoms with van der Waals surface area (Å²) in [7, 11) is 0. The molecule has 0 amide bonds. The summed E-state index contributed by atoms with van der Waals surface area (Å²) in [6.07, 6.45) is 4.26. The average Bonchev–Trinajstić information content (AvgIpc) is 2.74. The van der Waals surface area contributed by atoms with Crippen LogP contribution in [0.4, 0.5) is 0 Å². The van der Waals surface area contributed by atoms with Crippen LogP contribution in [-0.2, 0) is 0 Å². The molecular weight excluding hydrogens is 172 g/mol. The highest BCUT2D eigenvalue weighted by Crippen LogP contribution is 2.14. The first kappa shape index (κ1) is 8.01. The molecule has 3 nitrogen and oxygen atoms in total. The lowest BCUT2D eigenvalue weighted by atomic mass is 10.2. The third-order valence-electron chi connectivity index (χ3n) is 1.98. The second kappa shape index (κ2) is 3.87. The van der Waals surface area contributed by atoms with Crippen molar-refractivity contribution in [2.75, 3.05) is 13.2 Å². The first-order valence-electron chi connectivity index (χ1n) is 4.21. The molecule has 0 aromatic carbocycles.